The number of amides is 1. The van der Waals surface area contributed by atoms with E-state index < -0.39 is 4.92 Å². The highest BCUT2D eigenvalue weighted by molar-refractivity contribution is 5.96. The average molecular weight is 328 g/mol. The van der Waals surface area contributed by atoms with Crippen molar-refractivity contribution in [1.82, 2.24) is 5.32 Å². The van der Waals surface area contributed by atoms with E-state index >= 15 is 0 Å². The summed E-state index contributed by atoms with van der Waals surface area (Å²) in [6.07, 6.45) is 0.0716. The van der Waals surface area contributed by atoms with Crippen molar-refractivity contribution in [2.24, 2.45) is 0 Å². The molecule has 1 amide bonds. The van der Waals surface area contributed by atoms with E-state index in [0.717, 1.165) is 11.3 Å². The van der Waals surface area contributed by atoms with Crippen molar-refractivity contribution in [3.8, 4) is 5.75 Å². The minimum absolute atomic E-state index is 0.0602. The van der Waals surface area contributed by atoms with Crippen molar-refractivity contribution in [3.63, 3.8) is 0 Å². The molecule has 2 rings (SSSR count). The molecule has 0 bridgehead atoms. The maximum absolute atomic E-state index is 12.3. The summed E-state index contributed by atoms with van der Waals surface area (Å²) in [7, 11) is 0. The number of nitro benzene ring substituents is 1. The van der Waals surface area contributed by atoms with E-state index in [-0.39, 0.29) is 17.7 Å². The third kappa shape index (κ3) is 4.32. The van der Waals surface area contributed by atoms with Gasteiger partial charge in [-0.1, -0.05) is 18.2 Å². The summed E-state index contributed by atoms with van der Waals surface area (Å²) in [5.41, 5.74) is 1.50. The first-order valence-corrected chi connectivity index (χ1v) is 7.66. The highest BCUT2D eigenvalue weighted by atomic mass is 16.6. The van der Waals surface area contributed by atoms with Crippen LogP contribution in [0.3, 0.4) is 0 Å². The van der Waals surface area contributed by atoms with Crippen molar-refractivity contribution in [2.75, 3.05) is 0 Å². The topological polar surface area (TPSA) is 81.5 Å². The van der Waals surface area contributed by atoms with Crippen LogP contribution in [-0.4, -0.2) is 16.9 Å². The van der Waals surface area contributed by atoms with Gasteiger partial charge in [0.2, 0.25) is 0 Å². The average Bonchev–Trinajstić information content (AvgIpc) is 2.52. The molecule has 0 radical (unpaired) electrons. The van der Waals surface area contributed by atoms with Crippen molar-refractivity contribution in [1.29, 1.82) is 0 Å². The summed E-state index contributed by atoms with van der Waals surface area (Å²) in [5.74, 6) is 0.398. The van der Waals surface area contributed by atoms with Gasteiger partial charge in [0.15, 0.2) is 0 Å². The summed E-state index contributed by atoms with van der Waals surface area (Å²) < 4.78 is 5.62. The molecule has 2 aromatic rings. The van der Waals surface area contributed by atoms with Gasteiger partial charge in [-0.3, -0.25) is 14.9 Å². The van der Waals surface area contributed by atoms with Crippen LogP contribution in [0.15, 0.2) is 42.5 Å². The van der Waals surface area contributed by atoms with Gasteiger partial charge in [0.05, 0.1) is 11.0 Å². The van der Waals surface area contributed by atoms with Crippen LogP contribution in [0.4, 0.5) is 5.69 Å². The summed E-state index contributed by atoms with van der Waals surface area (Å²) in [6, 6.07) is 11.9. The van der Waals surface area contributed by atoms with E-state index in [1.54, 1.807) is 13.0 Å². The number of nitrogens with one attached hydrogen (secondary N) is 1. The van der Waals surface area contributed by atoms with Gasteiger partial charge in [0.25, 0.3) is 11.6 Å². The third-order valence-electron chi connectivity index (χ3n) is 3.47. The minimum atomic E-state index is -0.487. The zero-order valence-electron chi connectivity index (χ0n) is 13.9. The molecule has 0 aliphatic rings. The molecular weight excluding hydrogens is 308 g/mol. The number of hydrogen-bond acceptors (Lipinski definition) is 4. The number of nitrogens with zero attached hydrogens (tertiary/aromatic N) is 1. The van der Waals surface area contributed by atoms with Gasteiger partial charge < -0.3 is 10.1 Å². The Morgan fingerprint density at radius 3 is 2.62 bits per heavy atom. The maximum Gasteiger partial charge on any atom is 0.273 e. The Labute approximate surface area is 140 Å². The predicted octanol–water partition coefficient (Wildman–Crippen LogP) is 3.62. The second-order valence-corrected chi connectivity index (χ2v) is 5.70. The van der Waals surface area contributed by atoms with E-state index in [0.29, 0.717) is 17.7 Å². The largest absolute Gasteiger partial charge is 0.491 e. The fraction of sp³-hybridized carbons (Fsp3) is 0.278. The standard InChI is InChI=1S/C18H20N2O4/c1-12(2)24-15-7-4-6-14(10-15)11-19-18(21)16-8-5-9-17(13(16)3)20(22)23/h4-10,12H,11H2,1-3H3,(H,19,21). The van der Waals surface area contributed by atoms with Gasteiger partial charge in [-0.05, 0) is 44.5 Å². The first-order valence-electron chi connectivity index (χ1n) is 7.66. The van der Waals surface area contributed by atoms with Crippen molar-refractivity contribution < 1.29 is 14.5 Å². The zero-order chi connectivity index (χ0) is 17.7. The molecule has 0 aliphatic carbocycles. The highest BCUT2D eigenvalue weighted by Gasteiger charge is 2.17. The smallest absolute Gasteiger partial charge is 0.273 e. The first-order chi connectivity index (χ1) is 11.4. The molecule has 0 unspecified atom stereocenters. The molecule has 6 nitrogen and oxygen atoms in total. The lowest BCUT2D eigenvalue weighted by Gasteiger charge is -2.12. The van der Waals surface area contributed by atoms with Crippen LogP contribution in [0, 0.1) is 17.0 Å². The molecular formula is C18H20N2O4. The van der Waals surface area contributed by atoms with E-state index in [2.05, 4.69) is 5.32 Å². The fourth-order valence-corrected chi connectivity index (χ4v) is 2.35. The Morgan fingerprint density at radius 1 is 1.25 bits per heavy atom. The third-order valence-corrected chi connectivity index (χ3v) is 3.47. The monoisotopic (exact) mass is 328 g/mol. The summed E-state index contributed by atoms with van der Waals surface area (Å²) >= 11 is 0. The molecule has 0 aromatic heterocycles. The zero-order valence-corrected chi connectivity index (χ0v) is 13.9. The summed E-state index contributed by atoms with van der Waals surface area (Å²) in [5, 5.41) is 13.7. The Kier molecular flexibility index (Phi) is 5.52. The van der Waals surface area contributed by atoms with Crippen LogP contribution in [0.5, 0.6) is 5.75 Å². The second-order valence-electron chi connectivity index (χ2n) is 5.70. The lowest BCUT2D eigenvalue weighted by Crippen LogP contribution is -2.23. The molecule has 0 spiro atoms. The van der Waals surface area contributed by atoms with Gasteiger partial charge in [-0.25, -0.2) is 0 Å². The number of nitro groups is 1. The Hall–Kier alpha value is -2.89. The Balaban J connectivity index is 2.09. The van der Waals surface area contributed by atoms with Crippen molar-refractivity contribution in [3.05, 3.63) is 69.3 Å². The molecule has 2 aromatic carbocycles. The molecule has 0 fully saturated rings. The molecule has 0 saturated heterocycles. The van der Waals surface area contributed by atoms with Crippen LogP contribution in [0.1, 0.15) is 35.3 Å². The highest BCUT2D eigenvalue weighted by Crippen LogP contribution is 2.21. The first kappa shape index (κ1) is 17.5. The molecule has 126 valence electrons. The number of carbonyl (C=O) groups is 1. The van der Waals surface area contributed by atoms with Gasteiger partial charge >= 0.3 is 0 Å². The van der Waals surface area contributed by atoms with E-state index in [9.17, 15) is 14.9 Å². The van der Waals surface area contributed by atoms with Crippen LogP contribution in [0.2, 0.25) is 0 Å². The normalized spacial score (nSPS) is 10.5. The quantitative estimate of drug-likeness (QED) is 0.648. The molecule has 0 atom stereocenters. The van der Waals surface area contributed by atoms with Crippen molar-refractivity contribution >= 4 is 11.6 Å². The van der Waals surface area contributed by atoms with Gasteiger partial charge in [-0.2, -0.15) is 0 Å². The molecule has 1 N–H and O–H groups in total. The lowest BCUT2D eigenvalue weighted by molar-refractivity contribution is -0.385. The van der Waals surface area contributed by atoms with Crippen molar-refractivity contribution in [2.45, 2.75) is 33.4 Å². The Bertz CT molecular complexity index is 756. The molecule has 0 aliphatic heterocycles. The van der Waals surface area contributed by atoms with Crippen LogP contribution in [0.25, 0.3) is 0 Å². The van der Waals surface area contributed by atoms with Gasteiger partial charge in [0.1, 0.15) is 5.75 Å². The lowest BCUT2D eigenvalue weighted by atomic mass is 10.1. The predicted molar refractivity (Wildman–Crippen MR) is 91.2 cm³/mol. The number of ether oxygens (including phenoxy) is 1. The second kappa shape index (κ2) is 7.59. The minimum Gasteiger partial charge on any atom is -0.491 e. The Morgan fingerprint density at radius 2 is 1.96 bits per heavy atom. The summed E-state index contributed by atoms with van der Waals surface area (Å²) in [4.78, 5) is 22.8. The molecule has 0 heterocycles. The summed E-state index contributed by atoms with van der Waals surface area (Å²) in [6.45, 7) is 5.78. The maximum atomic E-state index is 12.3. The number of hydrogen-bond donors (Lipinski definition) is 1. The number of benzene rings is 2. The van der Waals surface area contributed by atoms with Gasteiger partial charge in [-0.15, -0.1) is 0 Å². The van der Waals surface area contributed by atoms with E-state index in [4.69, 9.17) is 4.74 Å². The van der Waals surface area contributed by atoms with Crippen LogP contribution in [-0.2, 0) is 6.54 Å². The van der Waals surface area contributed by atoms with Gasteiger partial charge in [0, 0.05) is 23.7 Å². The van der Waals surface area contributed by atoms with E-state index in [1.807, 2.05) is 38.1 Å². The van der Waals surface area contributed by atoms with Crippen LogP contribution >= 0.6 is 0 Å². The van der Waals surface area contributed by atoms with E-state index in [1.165, 1.54) is 12.1 Å². The molecule has 0 saturated carbocycles. The number of carbonyl (C=O) groups excluding carboxylic acids is 1. The van der Waals surface area contributed by atoms with Crippen LogP contribution < -0.4 is 10.1 Å². The SMILES string of the molecule is Cc1c(C(=O)NCc2cccc(OC(C)C)c2)cccc1[N+](=O)[O-]. The molecule has 6 heteroatoms. The number of rotatable bonds is 6. The fourth-order valence-electron chi connectivity index (χ4n) is 2.35. The molecule has 24 heavy (non-hydrogen) atoms.